The fourth-order valence-electron chi connectivity index (χ4n) is 2.30. The molecule has 2 amide bonds. The molecule has 1 aromatic rings. The Balaban J connectivity index is 1.78. The SMILES string of the molecule is CCOC1CCCN(C(=O)CNC(=O)c2cccs2)C1. The van der Waals surface area contributed by atoms with E-state index in [9.17, 15) is 9.59 Å². The molecule has 20 heavy (non-hydrogen) atoms. The van der Waals surface area contributed by atoms with Gasteiger partial charge in [-0.15, -0.1) is 11.3 Å². The van der Waals surface area contributed by atoms with Crippen molar-refractivity contribution in [2.24, 2.45) is 0 Å². The van der Waals surface area contributed by atoms with Crippen LogP contribution in [-0.4, -0.2) is 49.1 Å². The highest BCUT2D eigenvalue weighted by Crippen LogP contribution is 2.13. The van der Waals surface area contributed by atoms with Crippen LogP contribution in [0.25, 0.3) is 0 Å². The Kier molecular flexibility index (Phi) is 5.55. The number of thiophene rings is 1. The van der Waals surface area contributed by atoms with Gasteiger partial charge in [0.05, 0.1) is 17.5 Å². The molecule has 0 saturated carbocycles. The van der Waals surface area contributed by atoms with Crippen molar-refractivity contribution >= 4 is 23.2 Å². The lowest BCUT2D eigenvalue weighted by atomic mass is 10.1. The Morgan fingerprint density at radius 1 is 1.55 bits per heavy atom. The largest absolute Gasteiger partial charge is 0.377 e. The number of nitrogens with zero attached hydrogens (tertiary/aromatic N) is 1. The summed E-state index contributed by atoms with van der Waals surface area (Å²) in [7, 11) is 0. The first-order valence-electron chi connectivity index (χ1n) is 6.91. The summed E-state index contributed by atoms with van der Waals surface area (Å²) >= 11 is 1.37. The van der Waals surface area contributed by atoms with E-state index in [-0.39, 0.29) is 24.5 Å². The van der Waals surface area contributed by atoms with Crippen LogP contribution in [0, 0.1) is 0 Å². The first-order valence-corrected chi connectivity index (χ1v) is 7.79. The first kappa shape index (κ1) is 15.0. The number of ether oxygens (including phenoxy) is 1. The maximum Gasteiger partial charge on any atom is 0.261 e. The molecule has 1 unspecified atom stereocenters. The monoisotopic (exact) mass is 296 g/mol. The van der Waals surface area contributed by atoms with Crippen LogP contribution in [0.5, 0.6) is 0 Å². The van der Waals surface area contributed by atoms with Gasteiger partial charge in [0.25, 0.3) is 5.91 Å². The summed E-state index contributed by atoms with van der Waals surface area (Å²) in [6.07, 6.45) is 2.08. The molecule has 1 saturated heterocycles. The van der Waals surface area contributed by atoms with Crippen molar-refractivity contribution in [2.75, 3.05) is 26.2 Å². The third-order valence-electron chi connectivity index (χ3n) is 3.28. The van der Waals surface area contributed by atoms with Crippen LogP contribution < -0.4 is 5.32 Å². The number of carbonyl (C=O) groups excluding carboxylic acids is 2. The molecule has 2 heterocycles. The summed E-state index contributed by atoms with van der Waals surface area (Å²) in [5.74, 6) is -0.231. The Morgan fingerprint density at radius 2 is 2.40 bits per heavy atom. The zero-order valence-electron chi connectivity index (χ0n) is 11.6. The van der Waals surface area contributed by atoms with E-state index in [0.717, 1.165) is 19.4 Å². The molecule has 1 aromatic heterocycles. The number of likely N-dealkylation sites (tertiary alicyclic amines) is 1. The Morgan fingerprint density at radius 3 is 3.10 bits per heavy atom. The maximum absolute atomic E-state index is 12.1. The number of hydrogen-bond acceptors (Lipinski definition) is 4. The van der Waals surface area contributed by atoms with Crippen molar-refractivity contribution in [3.63, 3.8) is 0 Å². The predicted octanol–water partition coefficient (Wildman–Crippen LogP) is 1.51. The highest BCUT2D eigenvalue weighted by atomic mass is 32.1. The maximum atomic E-state index is 12.1. The van der Waals surface area contributed by atoms with E-state index in [2.05, 4.69) is 5.32 Å². The van der Waals surface area contributed by atoms with Gasteiger partial charge in [0.1, 0.15) is 0 Å². The fourth-order valence-corrected chi connectivity index (χ4v) is 2.94. The minimum atomic E-state index is -0.188. The van der Waals surface area contributed by atoms with Crippen molar-refractivity contribution in [2.45, 2.75) is 25.9 Å². The Bertz CT molecular complexity index is 445. The molecule has 0 spiro atoms. The van der Waals surface area contributed by atoms with Crippen LogP contribution >= 0.6 is 11.3 Å². The zero-order chi connectivity index (χ0) is 14.4. The summed E-state index contributed by atoms with van der Waals surface area (Å²) in [6, 6.07) is 3.56. The third kappa shape index (κ3) is 4.05. The van der Waals surface area contributed by atoms with E-state index in [1.165, 1.54) is 11.3 Å². The second-order valence-corrected chi connectivity index (χ2v) is 5.67. The molecule has 0 aromatic carbocycles. The average molecular weight is 296 g/mol. The van der Waals surface area contributed by atoms with Crippen molar-refractivity contribution in [1.29, 1.82) is 0 Å². The molecule has 2 rings (SSSR count). The molecule has 1 aliphatic heterocycles. The first-order chi connectivity index (χ1) is 9.70. The number of nitrogens with one attached hydrogen (secondary N) is 1. The van der Waals surface area contributed by atoms with E-state index >= 15 is 0 Å². The Hall–Kier alpha value is -1.40. The standard InChI is InChI=1S/C14H20N2O3S/c1-2-19-11-5-3-7-16(10-11)13(17)9-15-14(18)12-6-4-8-20-12/h4,6,8,11H,2-3,5,7,9-10H2,1H3,(H,15,18). The second-order valence-electron chi connectivity index (χ2n) is 4.72. The normalized spacial score (nSPS) is 18.9. The highest BCUT2D eigenvalue weighted by molar-refractivity contribution is 7.12. The van der Waals surface area contributed by atoms with Crippen LogP contribution in [0.1, 0.15) is 29.4 Å². The van der Waals surface area contributed by atoms with Crippen molar-refractivity contribution < 1.29 is 14.3 Å². The lowest BCUT2D eigenvalue weighted by Crippen LogP contribution is -2.47. The summed E-state index contributed by atoms with van der Waals surface area (Å²) in [4.78, 5) is 26.2. The van der Waals surface area contributed by atoms with E-state index in [1.54, 1.807) is 11.0 Å². The van der Waals surface area contributed by atoms with Crippen LogP contribution in [0.15, 0.2) is 17.5 Å². The van der Waals surface area contributed by atoms with E-state index in [4.69, 9.17) is 4.74 Å². The van der Waals surface area contributed by atoms with Gasteiger partial charge in [-0.2, -0.15) is 0 Å². The molecular weight excluding hydrogens is 276 g/mol. The summed E-state index contributed by atoms with van der Waals surface area (Å²) in [6.45, 7) is 4.05. The van der Waals surface area contributed by atoms with E-state index in [0.29, 0.717) is 18.0 Å². The summed E-state index contributed by atoms with van der Waals surface area (Å²) in [5, 5.41) is 4.51. The lowest BCUT2D eigenvalue weighted by molar-refractivity contribution is -0.134. The van der Waals surface area contributed by atoms with Gasteiger partial charge in [-0.1, -0.05) is 6.07 Å². The molecule has 5 nitrogen and oxygen atoms in total. The topological polar surface area (TPSA) is 58.6 Å². The van der Waals surface area contributed by atoms with Crippen LogP contribution in [0.3, 0.4) is 0 Å². The number of piperidine rings is 1. The van der Waals surface area contributed by atoms with Gasteiger partial charge in [0.2, 0.25) is 5.91 Å². The number of hydrogen-bond donors (Lipinski definition) is 1. The minimum absolute atomic E-state index is 0.0423. The third-order valence-corrected chi connectivity index (χ3v) is 4.15. The zero-order valence-corrected chi connectivity index (χ0v) is 12.4. The summed E-state index contributed by atoms with van der Waals surface area (Å²) < 4.78 is 5.57. The molecule has 0 aliphatic carbocycles. The van der Waals surface area contributed by atoms with E-state index in [1.807, 2.05) is 18.4 Å². The molecule has 6 heteroatoms. The van der Waals surface area contributed by atoms with Gasteiger partial charge in [-0.05, 0) is 31.2 Å². The van der Waals surface area contributed by atoms with Crippen molar-refractivity contribution in [3.05, 3.63) is 22.4 Å². The molecule has 1 aliphatic rings. The van der Waals surface area contributed by atoms with Gasteiger partial charge < -0.3 is 15.0 Å². The number of amides is 2. The minimum Gasteiger partial charge on any atom is -0.377 e. The molecule has 1 fully saturated rings. The highest BCUT2D eigenvalue weighted by Gasteiger charge is 2.24. The Labute approximate surface area is 122 Å². The molecule has 1 atom stereocenters. The molecular formula is C14H20N2O3S. The molecule has 0 bridgehead atoms. The van der Waals surface area contributed by atoms with Crippen LogP contribution in [0.4, 0.5) is 0 Å². The predicted molar refractivity (Wildman–Crippen MR) is 77.9 cm³/mol. The van der Waals surface area contributed by atoms with Gasteiger partial charge in [-0.25, -0.2) is 0 Å². The number of carbonyl (C=O) groups is 2. The number of rotatable bonds is 5. The second kappa shape index (κ2) is 7.40. The lowest BCUT2D eigenvalue weighted by Gasteiger charge is -2.32. The van der Waals surface area contributed by atoms with Gasteiger partial charge >= 0.3 is 0 Å². The quantitative estimate of drug-likeness (QED) is 0.896. The van der Waals surface area contributed by atoms with Gasteiger partial charge in [0.15, 0.2) is 0 Å². The molecule has 1 N–H and O–H groups in total. The molecule has 0 radical (unpaired) electrons. The van der Waals surface area contributed by atoms with Crippen LogP contribution in [-0.2, 0) is 9.53 Å². The van der Waals surface area contributed by atoms with E-state index < -0.39 is 0 Å². The van der Waals surface area contributed by atoms with Crippen molar-refractivity contribution in [3.8, 4) is 0 Å². The smallest absolute Gasteiger partial charge is 0.261 e. The van der Waals surface area contributed by atoms with Gasteiger partial charge in [0, 0.05) is 19.7 Å². The van der Waals surface area contributed by atoms with Gasteiger partial charge in [-0.3, -0.25) is 9.59 Å². The van der Waals surface area contributed by atoms with Crippen LogP contribution in [0.2, 0.25) is 0 Å². The molecule has 110 valence electrons. The van der Waals surface area contributed by atoms with Crippen molar-refractivity contribution in [1.82, 2.24) is 10.2 Å². The summed E-state index contributed by atoms with van der Waals surface area (Å²) in [5.41, 5.74) is 0. The average Bonchev–Trinajstić information content (AvgIpc) is 2.99. The fraction of sp³-hybridized carbons (Fsp3) is 0.571.